The first-order valence-electron chi connectivity index (χ1n) is 3.23. The molecule has 0 amide bonds. The Morgan fingerprint density at radius 1 is 1.56 bits per heavy atom. The van der Waals surface area contributed by atoms with Gasteiger partial charge in [0.2, 0.25) is 0 Å². The van der Waals surface area contributed by atoms with Crippen LogP contribution in [0.25, 0.3) is 0 Å². The lowest BCUT2D eigenvalue weighted by Crippen LogP contribution is -2.21. The SMILES string of the molecule is Cl.ClCCC1CCCN1. The van der Waals surface area contributed by atoms with Crippen molar-refractivity contribution in [2.24, 2.45) is 0 Å². The van der Waals surface area contributed by atoms with E-state index in [2.05, 4.69) is 5.32 Å². The number of halogens is 2. The molecule has 3 heteroatoms. The minimum absolute atomic E-state index is 0. The molecule has 1 heterocycles. The summed E-state index contributed by atoms with van der Waals surface area (Å²) in [6.07, 6.45) is 3.80. The van der Waals surface area contributed by atoms with Gasteiger partial charge in [0.05, 0.1) is 0 Å². The fraction of sp³-hybridized carbons (Fsp3) is 1.00. The van der Waals surface area contributed by atoms with Crippen LogP contribution >= 0.6 is 24.0 Å². The van der Waals surface area contributed by atoms with Gasteiger partial charge in [0.15, 0.2) is 0 Å². The summed E-state index contributed by atoms with van der Waals surface area (Å²) in [7, 11) is 0. The van der Waals surface area contributed by atoms with E-state index in [0.717, 1.165) is 18.3 Å². The second kappa shape index (κ2) is 5.33. The van der Waals surface area contributed by atoms with Crippen LogP contribution < -0.4 is 5.32 Å². The Morgan fingerprint density at radius 3 is 2.78 bits per heavy atom. The van der Waals surface area contributed by atoms with E-state index in [1.807, 2.05) is 0 Å². The van der Waals surface area contributed by atoms with Crippen molar-refractivity contribution in [1.29, 1.82) is 0 Å². The third-order valence-electron chi connectivity index (χ3n) is 1.62. The standard InChI is InChI=1S/C6H12ClN.ClH/c7-4-3-6-2-1-5-8-6;/h6,8H,1-5H2;1H. The van der Waals surface area contributed by atoms with E-state index in [-0.39, 0.29) is 12.4 Å². The Hall–Kier alpha value is 0.540. The molecular formula is C6H13Cl2N. The summed E-state index contributed by atoms with van der Waals surface area (Å²) >= 11 is 5.54. The summed E-state index contributed by atoms with van der Waals surface area (Å²) in [4.78, 5) is 0. The first-order valence-corrected chi connectivity index (χ1v) is 3.76. The van der Waals surface area contributed by atoms with E-state index >= 15 is 0 Å². The van der Waals surface area contributed by atoms with Gasteiger partial charge in [-0.1, -0.05) is 0 Å². The van der Waals surface area contributed by atoms with E-state index in [1.54, 1.807) is 0 Å². The van der Waals surface area contributed by atoms with Crippen molar-refractivity contribution in [2.45, 2.75) is 25.3 Å². The van der Waals surface area contributed by atoms with Crippen LogP contribution in [0.5, 0.6) is 0 Å². The van der Waals surface area contributed by atoms with Crippen LogP contribution in [0.15, 0.2) is 0 Å². The Labute approximate surface area is 67.6 Å². The lowest BCUT2D eigenvalue weighted by Gasteiger charge is -2.04. The molecule has 0 aliphatic carbocycles. The number of alkyl halides is 1. The van der Waals surface area contributed by atoms with Crippen molar-refractivity contribution >= 4 is 24.0 Å². The summed E-state index contributed by atoms with van der Waals surface area (Å²) < 4.78 is 0. The molecule has 1 N–H and O–H groups in total. The van der Waals surface area contributed by atoms with Gasteiger partial charge >= 0.3 is 0 Å². The van der Waals surface area contributed by atoms with Gasteiger partial charge in [0.25, 0.3) is 0 Å². The second-order valence-electron chi connectivity index (χ2n) is 2.27. The van der Waals surface area contributed by atoms with Crippen LogP contribution in [0.1, 0.15) is 19.3 Å². The fourth-order valence-corrected chi connectivity index (χ4v) is 1.40. The molecular weight excluding hydrogens is 157 g/mol. The van der Waals surface area contributed by atoms with Crippen molar-refractivity contribution in [2.75, 3.05) is 12.4 Å². The lowest BCUT2D eigenvalue weighted by molar-refractivity contribution is 0.590. The Kier molecular flexibility index (Phi) is 5.65. The molecule has 0 aromatic rings. The van der Waals surface area contributed by atoms with Crippen molar-refractivity contribution in [1.82, 2.24) is 5.32 Å². The first-order chi connectivity index (χ1) is 3.93. The summed E-state index contributed by atoms with van der Waals surface area (Å²) in [6.45, 7) is 1.20. The van der Waals surface area contributed by atoms with Gasteiger partial charge in [0.1, 0.15) is 0 Å². The van der Waals surface area contributed by atoms with Crippen LogP contribution in [-0.2, 0) is 0 Å². The molecule has 1 atom stereocenters. The van der Waals surface area contributed by atoms with Gasteiger partial charge in [-0.15, -0.1) is 24.0 Å². The number of rotatable bonds is 2. The van der Waals surface area contributed by atoms with Crippen molar-refractivity contribution < 1.29 is 0 Å². The zero-order valence-corrected chi connectivity index (χ0v) is 6.97. The van der Waals surface area contributed by atoms with E-state index in [1.165, 1.54) is 19.4 Å². The molecule has 0 radical (unpaired) electrons. The van der Waals surface area contributed by atoms with E-state index in [0.29, 0.717) is 0 Å². The largest absolute Gasteiger partial charge is 0.314 e. The fourth-order valence-electron chi connectivity index (χ4n) is 1.13. The van der Waals surface area contributed by atoms with Crippen LogP contribution in [0.3, 0.4) is 0 Å². The minimum Gasteiger partial charge on any atom is -0.314 e. The van der Waals surface area contributed by atoms with Gasteiger partial charge in [-0.25, -0.2) is 0 Å². The molecule has 0 saturated carbocycles. The van der Waals surface area contributed by atoms with Crippen molar-refractivity contribution in [3.8, 4) is 0 Å². The summed E-state index contributed by atoms with van der Waals surface area (Å²) in [5.41, 5.74) is 0. The molecule has 1 rings (SSSR count). The predicted molar refractivity (Wildman–Crippen MR) is 43.6 cm³/mol. The van der Waals surface area contributed by atoms with Gasteiger partial charge < -0.3 is 5.32 Å². The highest BCUT2D eigenvalue weighted by molar-refractivity contribution is 6.17. The van der Waals surface area contributed by atoms with Crippen LogP contribution in [-0.4, -0.2) is 18.5 Å². The lowest BCUT2D eigenvalue weighted by atomic mass is 10.2. The molecule has 0 spiro atoms. The van der Waals surface area contributed by atoms with Crippen molar-refractivity contribution in [3.05, 3.63) is 0 Å². The Morgan fingerprint density at radius 2 is 2.33 bits per heavy atom. The van der Waals surface area contributed by atoms with E-state index < -0.39 is 0 Å². The zero-order chi connectivity index (χ0) is 5.82. The molecule has 0 aromatic heterocycles. The normalized spacial score (nSPS) is 25.7. The maximum Gasteiger partial charge on any atom is 0.0238 e. The molecule has 9 heavy (non-hydrogen) atoms. The Balaban J connectivity index is 0.000000640. The number of hydrogen-bond donors (Lipinski definition) is 1. The van der Waals surface area contributed by atoms with E-state index in [9.17, 15) is 0 Å². The molecule has 1 aliphatic heterocycles. The summed E-state index contributed by atoms with van der Waals surface area (Å²) in [6, 6.07) is 0.729. The number of hydrogen-bond acceptors (Lipinski definition) is 1. The van der Waals surface area contributed by atoms with Gasteiger partial charge in [-0.3, -0.25) is 0 Å². The van der Waals surface area contributed by atoms with Crippen LogP contribution in [0.4, 0.5) is 0 Å². The summed E-state index contributed by atoms with van der Waals surface area (Å²) in [5.74, 6) is 0.803. The molecule has 1 aliphatic rings. The smallest absolute Gasteiger partial charge is 0.0238 e. The highest BCUT2D eigenvalue weighted by atomic mass is 35.5. The molecule has 1 fully saturated rings. The highest BCUT2D eigenvalue weighted by Crippen LogP contribution is 2.08. The molecule has 1 unspecified atom stereocenters. The first kappa shape index (κ1) is 9.54. The molecule has 1 saturated heterocycles. The maximum atomic E-state index is 5.54. The average molecular weight is 170 g/mol. The van der Waals surface area contributed by atoms with Gasteiger partial charge in [0, 0.05) is 11.9 Å². The minimum atomic E-state index is 0. The molecule has 0 bridgehead atoms. The second-order valence-corrected chi connectivity index (χ2v) is 2.65. The highest BCUT2D eigenvalue weighted by Gasteiger charge is 2.11. The predicted octanol–water partition coefficient (Wildman–Crippen LogP) is 1.79. The topological polar surface area (TPSA) is 12.0 Å². The summed E-state index contributed by atoms with van der Waals surface area (Å²) in [5, 5.41) is 3.37. The third kappa shape index (κ3) is 3.29. The monoisotopic (exact) mass is 169 g/mol. The van der Waals surface area contributed by atoms with Gasteiger partial charge in [-0.05, 0) is 25.8 Å². The van der Waals surface area contributed by atoms with Crippen LogP contribution in [0.2, 0.25) is 0 Å². The van der Waals surface area contributed by atoms with Gasteiger partial charge in [-0.2, -0.15) is 0 Å². The zero-order valence-electron chi connectivity index (χ0n) is 5.40. The molecule has 56 valence electrons. The molecule has 1 nitrogen and oxygen atoms in total. The number of nitrogens with one attached hydrogen (secondary N) is 1. The van der Waals surface area contributed by atoms with Crippen LogP contribution in [0, 0.1) is 0 Å². The Bertz CT molecular complexity index is 62.1. The maximum absolute atomic E-state index is 5.54. The van der Waals surface area contributed by atoms with Crippen molar-refractivity contribution in [3.63, 3.8) is 0 Å². The van der Waals surface area contributed by atoms with E-state index in [4.69, 9.17) is 11.6 Å². The quantitative estimate of drug-likeness (QED) is 0.623. The third-order valence-corrected chi connectivity index (χ3v) is 1.84. The average Bonchev–Trinajstić information content (AvgIpc) is 2.19. The molecule has 0 aromatic carbocycles.